The largest absolute Gasteiger partial charge is 0.411 e. The molecule has 0 radical (unpaired) electrons. The summed E-state index contributed by atoms with van der Waals surface area (Å²) in [4.78, 5) is 0. The second-order valence-corrected chi connectivity index (χ2v) is 4.15. The first-order chi connectivity index (χ1) is 8.29. The van der Waals surface area contributed by atoms with Crippen LogP contribution in [0.3, 0.4) is 0 Å². The van der Waals surface area contributed by atoms with Gasteiger partial charge in [-0.2, -0.15) is 13.2 Å². The molecule has 2 nitrogen and oxygen atoms in total. The average molecular weight is 306 g/mol. The van der Waals surface area contributed by atoms with Gasteiger partial charge in [0.15, 0.2) is 0 Å². The topological polar surface area (TPSA) is 21.3 Å². The molecular formula is C10H9Cl2F4NO. The molecule has 0 fully saturated rings. The Bertz CT molecular complexity index is 388. The van der Waals surface area contributed by atoms with Gasteiger partial charge in [-0.1, -0.05) is 23.2 Å². The molecule has 1 aromatic rings. The minimum absolute atomic E-state index is 0.0517. The molecule has 0 aliphatic heterocycles. The normalized spacial score (nSPS) is 11.7. The van der Waals surface area contributed by atoms with Crippen LogP contribution in [0.1, 0.15) is 0 Å². The number of anilines is 1. The molecule has 0 spiro atoms. The Hall–Kier alpha value is -0.720. The van der Waals surface area contributed by atoms with Crippen LogP contribution >= 0.6 is 23.2 Å². The van der Waals surface area contributed by atoms with Gasteiger partial charge in [0.25, 0.3) is 0 Å². The Labute approximate surface area is 111 Å². The van der Waals surface area contributed by atoms with Crippen molar-refractivity contribution in [1.29, 1.82) is 0 Å². The van der Waals surface area contributed by atoms with Crippen molar-refractivity contribution in [3.05, 3.63) is 28.0 Å². The van der Waals surface area contributed by atoms with E-state index in [1.165, 1.54) is 0 Å². The Morgan fingerprint density at radius 3 is 2.22 bits per heavy atom. The van der Waals surface area contributed by atoms with E-state index in [2.05, 4.69) is 10.1 Å². The van der Waals surface area contributed by atoms with Gasteiger partial charge in [0, 0.05) is 6.54 Å². The Morgan fingerprint density at radius 1 is 1.17 bits per heavy atom. The van der Waals surface area contributed by atoms with Crippen molar-refractivity contribution in [3.63, 3.8) is 0 Å². The number of nitrogens with one attached hydrogen (secondary N) is 1. The van der Waals surface area contributed by atoms with Crippen molar-refractivity contribution in [2.24, 2.45) is 0 Å². The first-order valence-electron chi connectivity index (χ1n) is 4.82. The van der Waals surface area contributed by atoms with E-state index < -0.39 is 18.6 Å². The molecule has 1 N–H and O–H groups in total. The number of alkyl halides is 3. The molecule has 0 heterocycles. The second-order valence-electron chi connectivity index (χ2n) is 3.34. The zero-order valence-electron chi connectivity index (χ0n) is 8.95. The summed E-state index contributed by atoms with van der Waals surface area (Å²) in [7, 11) is 0. The van der Waals surface area contributed by atoms with E-state index in [4.69, 9.17) is 23.2 Å². The van der Waals surface area contributed by atoms with Gasteiger partial charge in [0.1, 0.15) is 12.4 Å². The molecule has 0 amide bonds. The lowest BCUT2D eigenvalue weighted by molar-refractivity contribution is -0.172. The Morgan fingerprint density at radius 2 is 1.72 bits per heavy atom. The summed E-state index contributed by atoms with van der Waals surface area (Å²) in [6.07, 6.45) is -4.36. The number of halogens is 6. The molecule has 0 unspecified atom stereocenters. The summed E-state index contributed by atoms with van der Waals surface area (Å²) in [6.45, 7) is -1.43. The fourth-order valence-electron chi connectivity index (χ4n) is 1.15. The number of rotatable bonds is 5. The highest BCUT2D eigenvalue weighted by Crippen LogP contribution is 2.31. The third-order valence-electron chi connectivity index (χ3n) is 1.82. The van der Waals surface area contributed by atoms with Crippen LogP contribution in [0.15, 0.2) is 12.1 Å². The fourth-order valence-corrected chi connectivity index (χ4v) is 1.74. The zero-order chi connectivity index (χ0) is 13.8. The summed E-state index contributed by atoms with van der Waals surface area (Å²) < 4.78 is 52.5. The molecule has 0 saturated carbocycles. The first kappa shape index (κ1) is 15.3. The van der Waals surface area contributed by atoms with E-state index in [1.54, 1.807) is 0 Å². The van der Waals surface area contributed by atoms with Crippen molar-refractivity contribution in [1.82, 2.24) is 0 Å². The lowest BCUT2D eigenvalue weighted by Gasteiger charge is -2.11. The summed E-state index contributed by atoms with van der Waals surface area (Å²) in [6, 6.07) is 2.10. The SMILES string of the molecule is Fc1cc(Cl)c(NCCOCC(F)(F)F)c(Cl)c1. The fraction of sp³-hybridized carbons (Fsp3) is 0.400. The summed E-state index contributed by atoms with van der Waals surface area (Å²) in [5, 5.41) is 2.78. The van der Waals surface area contributed by atoms with Crippen molar-refractivity contribution in [2.75, 3.05) is 25.1 Å². The van der Waals surface area contributed by atoms with E-state index in [1.807, 2.05) is 0 Å². The molecule has 0 aliphatic rings. The number of hydrogen-bond donors (Lipinski definition) is 1. The van der Waals surface area contributed by atoms with Crippen LogP contribution in [-0.2, 0) is 4.74 Å². The minimum Gasteiger partial charge on any atom is -0.380 e. The summed E-state index contributed by atoms with van der Waals surface area (Å²) >= 11 is 11.4. The average Bonchev–Trinajstić information content (AvgIpc) is 2.19. The van der Waals surface area contributed by atoms with E-state index in [0.29, 0.717) is 0 Å². The molecule has 0 bridgehead atoms. The van der Waals surface area contributed by atoms with Crippen LogP contribution in [0.25, 0.3) is 0 Å². The van der Waals surface area contributed by atoms with Crippen LogP contribution in [-0.4, -0.2) is 25.9 Å². The smallest absolute Gasteiger partial charge is 0.380 e. The van der Waals surface area contributed by atoms with Crippen LogP contribution in [0.4, 0.5) is 23.2 Å². The molecule has 0 aliphatic carbocycles. The maximum Gasteiger partial charge on any atom is 0.411 e. The predicted octanol–water partition coefficient (Wildman–Crippen LogP) is 4.12. The van der Waals surface area contributed by atoms with E-state index in [-0.39, 0.29) is 28.9 Å². The molecule has 102 valence electrons. The molecule has 0 saturated heterocycles. The molecule has 1 rings (SSSR count). The van der Waals surface area contributed by atoms with E-state index in [9.17, 15) is 17.6 Å². The maximum absolute atomic E-state index is 12.8. The molecule has 1 aromatic carbocycles. The van der Waals surface area contributed by atoms with Gasteiger partial charge < -0.3 is 10.1 Å². The maximum atomic E-state index is 12.8. The predicted molar refractivity (Wildman–Crippen MR) is 61.8 cm³/mol. The molecule has 18 heavy (non-hydrogen) atoms. The molecular weight excluding hydrogens is 297 g/mol. The van der Waals surface area contributed by atoms with Crippen molar-refractivity contribution >= 4 is 28.9 Å². The van der Waals surface area contributed by atoms with E-state index in [0.717, 1.165) is 12.1 Å². The van der Waals surface area contributed by atoms with Crippen molar-refractivity contribution in [2.45, 2.75) is 6.18 Å². The highest BCUT2D eigenvalue weighted by Gasteiger charge is 2.27. The minimum atomic E-state index is -4.36. The highest BCUT2D eigenvalue weighted by molar-refractivity contribution is 6.39. The van der Waals surface area contributed by atoms with Crippen LogP contribution in [0.5, 0.6) is 0 Å². The monoisotopic (exact) mass is 305 g/mol. The van der Waals surface area contributed by atoms with Crippen LogP contribution in [0, 0.1) is 5.82 Å². The van der Waals surface area contributed by atoms with Crippen molar-refractivity contribution < 1.29 is 22.3 Å². The quantitative estimate of drug-likeness (QED) is 0.652. The number of benzene rings is 1. The Kier molecular flexibility index (Phi) is 5.49. The number of ether oxygens (including phenoxy) is 1. The lowest BCUT2D eigenvalue weighted by Crippen LogP contribution is -2.20. The van der Waals surface area contributed by atoms with Gasteiger partial charge in [0.05, 0.1) is 22.3 Å². The highest BCUT2D eigenvalue weighted by atomic mass is 35.5. The van der Waals surface area contributed by atoms with Gasteiger partial charge in [-0.25, -0.2) is 4.39 Å². The Balaban J connectivity index is 2.41. The third-order valence-corrected chi connectivity index (χ3v) is 2.42. The van der Waals surface area contributed by atoms with Gasteiger partial charge in [-0.3, -0.25) is 0 Å². The zero-order valence-corrected chi connectivity index (χ0v) is 10.5. The van der Waals surface area contributed by atoms with Gasteiger partial charge in [0.2, 0.25) is 0 Å². The van der Waals surface area contributed by atoms with Gasteiger partial charge in [-0.15, -0.1) is 0 Å². The number of hydrogen-bond acceptors (Lipinski definition) is 2. The van der Waals surface area contributed by atoms with Crippen LogP contribution in [0.2, 0.25) is 10.0 Å². The van der Waals surface area contributed by atoms with E-state index >= 15 is 0 Å². The molecule has 8 heteroatoms. The summed E-state index contributed by atoms with van der Waals surface area (Å²) in [5.41, 5.74) is 0.260. The van der Waals surface area contributed by atoms with Crippen molar-refractivity contribution in [3.8, 4) is 0 Å². The van der Waals surface area contributed by atoms with Gasteiger partial charge >= 0.3 is 6.18 Å². The second kappa shape index (κ2) is 6.45. The molecule has 0 atom stereocenters. The van der Waals surface area contributed by atoms with Crippen LogP contribution < -0.4 is 5.32 Å². The molecule has 0 aromatic heterocycles. The van der Waals surface area contributed by atoms with Gasteiger partial charge in [-0.05, 0) is 12.1 Å². The standard InChI is InChI=1S/C10H9Cl2F4NO/c11-7-3-6(13)4-8(12)9(7)17-1-2-18-5-10(14,15)16/h3-4,17H,1-2,5H2. The lowest BCUT2D eigenvalue weighted by atomic mass is 10.3. The first-order valence-corrected chi connectivity index (χ1v) is 5.58. The third kappa shape index (κ3) is 5.29. The summed E-state index contributed by atoms with van der Waals surface area (Å²) in [5.74, 6) is -0.594.